The average molecular weight is 373 g/mol. The molecular weight excluding hydrogens is 348 g/mol. The number of halogens is 1. The van der Waals surface area contributed by atoms with Gasteiger partial charge in [-0.15, -0.1) is 0 Å². The third kappa shape index (κ3) is 5.38. The SMILES string of the molecule is CN1CCN(c2ccc(NCCC(=O)Nc3cccc(Cl)c3)cc2)CC1. The summed E-state index contributed by atoms with van der Waals surface area (Å²) in [7, 11) is 2.16. The van der Waals surface area contributed by atoms with Gasteiger partial charge in [0.15, 0.2) is 0 Å². The van der Waals surface area contributed by atoms with Gasteiger partial charge >= 0.3 is 0 Å². The summed E-state index contributed by atoms with van der Waals surface area (Å²) in [6.07, 6.45) is 0.396. The number of anilines is 3. The number of rotatable bonds is 6. The van der Waals surface area contributed by atoms with Gasteiger partial charge in [0.25, 0.3) is 0 Å². The van der Waals surface area contributed by atoms with Crippen molar-refractivity contribution >= 4 is 34.6 Å². The van der Waals surface area contributed by atoms with Crippen LogP contribution in [0.2, 0.25) is 5.02 Å². The van der Waals surface area contributed by atoms with Crippen molar-refractivity contribution in [2.75, 3.05) is 55.3 Å². The summed E-state index contributed by atoms with van der Waals surface area (Å²) in [6, 6.07) is 15.6. The smallest absolute Gasteiger partial charge is 0.226 e. The van der Waals surface area contributed by atoms with Crippen LogP contribution in [0.4, 0.5) is 17.1 Å². The monoisotopic (exact) mass is 372 g/mol. The molecule has 0 aromatic heterocycles. The topological polar surface area (TPSA) is 47.6 Å². The van der Waals surface area contributed by atoms with Gasteiger partial charge < -0.3 is 20.4 Å². The molecule has 0 saturated carbocycles. The van der Waals surface area contributed by atoms with Gasteiger partial charge in [0.2, 0.25) is 5.91 Å². The van der Waals surface area contributed by atoms with Crippen LogP contribution in [0.5, 0.6) is 0 Å². The molecule has 1 aliphatic rings. The van der Waals surface area contributed by atoms with E-state index >= 15 is 0 Å². The van der Waals surface area contributed by atoms with Crippen LogP contribution >= 0.6 is 11.6 Å². The van der Waals surface area contributed by atoms with E-state index < -0.39 is 0 Å². The number of carbonyl (C=O) groups is 1. The maximum absolute atomic E-state index is 12.0. The summed E-state index contributed by atoms with van der Waals surface area (Å²) in [6.45, 7) is 4.91. The maximum Gasteiger partial charge on any atom is 0.226 e. The summed E-state index contributed by atoms with van der Waals surface area (Å²) >= 11 is 5.92. The number of hydrogen-bond acceptors (Lipinski definition) is 4. The molecule has 0 radical (unpaired) electrons. The van der Waals surface area contributed by atoms with Crippen LogP contribution in [-0.2, 0) is 4.79 Å². The van der Waals surface area contributed by atoms with E-state index in [0.29, 0.717) is 18.0 Å². The molecule has 0 aliphatic carbocycles. The first-order valence-electron chi connectivity index (χ1n) is 8.93. The Kier molecular flexibility index (Phi) is 6.36. The minimum absolute atomic E-state index is 0.0335. The van der Waals surface area contributed by atoms with Crippen molar-refractivity contribution < 1.29 is 4.79 Å². The van der Waals surface area contributed by atoms with E-state index in [1.54, 1.807) is 12.1 Å². The number of nitrogens with zero attached hydrogens (tertiary/aromatic N) is 2. The zero-order valence-electron chi connectivity index (χ0n) is 15.0. The van der Waals surface area contributed by atoms with Gasteiger partial charge in [-0.25, -0.2) is 0 Å². The van der Waals surface area contributed by atoms with Crippen molar-refractivity contribution in [3.63, 3.8) is 0 Å². The Morgan fingerprint density at radius 3 is 2.46 bits per heavy atom. The molecule has 5 nitrogen and oxygen atoms in total. The summed E-state index contributed by atoms with van der Waals surface area (Å²) in [5.74, 6) is -0.0335. The molecule has 0 spiro atoms. The van der Waals surface area contributed by atoms with Gasteiger partial charge in [0, 0.05) is 61.2 Å². The molecular formula is C20H25ClN4O. The van der Waals surface area contributed by atoms with Crippen molar-refractivity contribution in [1.29, 1.82) is 0 Å². The second kappa shape index (κ2) is 8.92. The largest absolute Gasteiger partial charge is 0.385 e. The molecule has 1 fully saturated rings. The Hall–Kier alpha value is -2.24. The molecule has 2 N–H and O–H groups in total. The van der Waals surface area contributed by atoms with E-state index in [1.807, 2.05) is 12.1 Å². The molecule has 138 valence electrons. The van der Waals surface area contributed by atoms with Crippen molar-refractivity contribution in [2.24, 2.45) is 0 Å². The number of likely N-dealkylation sites (N-methyl/N-ethyl adjacent to an activating group) is 1. The number of nitrogens with one attached hydrogen (secondary N) is 2. The molecule has 1 amide bonds. The van der Waals surface area contributed by atoms with Gasteiger partial charge in [-0.05, 0) is 49.5 Å². The van der Waals surface area contributed by atoms with Crippen LogP contribution < -0.4 is 15.5 Å². The Bertz CT molecular complexity index is 727. The van der Waals surface area contributed by atoms with Gasteiger partial charge in [0.1, 0.15) is 0 Å². The first-order chi connectivity index (χ1) is 12.6. The first kappa shape index (κ1) is 18.5. The highest BCUT2D eigenvalue weighted by Gasteiger charge is 2.13. The standard InChI is InChI=1S/C20H25ClN4O/c1-24-11-13-25(14-12-24)19-7-5-17(6-8-19)22-10-9-20(26)23-18-4-2-3-16(21)15-18/h2-8,15,22H,9-14H2,1H3,(H,23,26). The van der Waals surface area contributed by atoms with Crippen LogP contribution in [0.15, 0.2) is 48.5 Å². The fourth-order valence-corrected chi connectivity index (χ4v) is 3.16. The summed E-state index contributed by atoms with van der Waals surface area (Å²) in [4.78, 5) is 16.7. The van der Waals surface area contributed by atoms with E-state index in [4.69, 9.17) is 11.6 Å². The van der Waals surface area contributed by atoms with Crippen LogP contribution in [0, 0.1) is 0 Å². The van der Waals surface area contributed by atoms with Gasteiger partial charge in [-0.2, -0.15) is 0 Å². The molecule has 3 rings (SSSR count). The Labute approximate surface area is 159 Å². The second-order valence-corrected chi connectivity index (χ2v) is 7.01. The quantitative estimate of drug-likeness (QED) is 0.814. The van der Waals surface area contributed by atoms with Crippen molar-refractivity contribution in [1.82, 2.24) is 4.90 Å². The first-order valence-corrected chi connectivity index (χ1v) is 9.31. The van der Waals surface area contributed by atoms with Crippen LogP contribution in [0.1, 0.15) is 6.42 Å². The highest BCUT2D eigenvalue weighted by Crippen LogP contribution is 2.19. The number of benzene rings is 2. The highest BCUT2D eigenvalue weighted by atomic mass is 35.5. The maximum atomic E-state index is 12.0. The summed E-state index contributed by atoms with van der Waals surface area (Å²) in [5, 5.41) is 6.76. The minimum atomic E-state index is -0.0335. The predicted molar refractivity (Wildman–Crippen MR) is 109 cm³/mol. The highest BCUT2D eigenvalue weighted by molar-refractivity contribution is 6.30. The molecule has 0 bridgehead atoms. The summed E-state index contributed by atoms with van der Waals surface area (Å²) in [5.41, 5.74) is 3.00. The van der Waals surface area contributed by atoms with Gasteiger partial charge in [0.05, 0.1) is 0 Å². The van der Waals surface area contributed by atoms with E-state index in [2.05, 4.69) is 51.7 Å². The number of amides is 1. The zero-order valence-corrected chi connectivity index (χ0v) is 15.8. The van der Waals surface area contributed by atoms with Gasteiger partial charge in [-0.3, -0.25) is 4.79 Å². The van der Waals surface area contributed by atoms with Crippen molar-refractivity contribution in [3.8, 4) is 0 Å². The van der Waals surface area contributed by atoms with E-state index in [0.717, 1.165) is 37.6 Å². The molecule has 0 atom stereocenters. The molecule has 6 heteroatoms. The minimum Gasteiger partial charge on any atom is -0.385 e. The van der Waals surface area contributed by atoms with Crippen molar-refractivity contribution in [3.05, 3.63) is 53.6 Å². The molecule has 2 aromatic carbocycles. The fraction of sp³-hybridized carbons (Fsp3) is 0.350. The molecule has 1 saturated heterocycles. The summed E-state index contributed by atoms with van der Waals surface area (Å²) < 4.78 is 0. The number of piperazine rings is 1. The normalized spacial score (nSPS) is 14.9. The van der Waals surface area contributed by atoms with Crippen LogP contribution in [-0.4, -0.2) is 50.6 Å². The Morgan fingerprint density at radius 2 is 1.77 bits per heavy atom. The van der Waals surface area contributed by atoms with E-state index in [1.165, 1.54) is 5.69 Å². The lowest BCUT2D eigenvalue weighted by atomic mass is 10.2. The fourth-order valence-electron chi connectivity index (χ4n) is 2.96. The lowest BCUT2D eigenvalue weighted by Gasteiger charge is -2.34. The van der Waals surface area contributed by atoms with Crippen LogP contribution in [0.25, 0.3) is 0 Å². The Morgan fingerprint density at radius 1 is 1.04 bits per heavy atom. The molecule has 1 heterocycles. The van der Waals surface area contributed by atoms with E-state index in [-0.39, 0.29) is 5.91 Å². The predicted octanol–water partition coefficient (Wildman–Crippen LogP) is 3.53. The molecule has 0 unspecified atom stereocenters. The second-order valence-electron chi connectivity index (χ2n) is 6.57. The zero-order chi connectivity index (χ0) is 18.4. The molecule has 2 aromatic rings. The van der Waals surface area contributed by atoms with Crippen LogP contribution in [0.3, 0.4) is 0 Å². The average Bonchev–Trinajstić information content (AvgIpc) is 2.63. The number of hydrogen-bond donors (Lipinski definition) is 2. The van der Waals surface area contributed by atoms with E-state index in [9.17, 15) is 4.79 Å². The molecule has 1 aliphatic heterocycles. The van der Waals surface area contributed by atoms with Gasteiger partial charge in [-0.1, -0.05) is 17.7 Å². The van der Waals surface area contributed by atoms with Crippen molar-refractivity contribution in [2.45, 2.75) is 6.42 Å². The lowest BCUT2D eigenvalue weighted by molar-refractivity contribution is -0.115. The number of carbonyl (C=O) groups excluding carboxylic acids is 1. The lowest BCUT2D eigenvalue weighted by Crippen LogP contribution is -2.44. The Balaban J connectivity index is 1.42. The third-order valence-electron chi connectivity index (χ3n) is 4.53. The molecule has 26 heavy (non-hydrogen) atoms. The third-order valence-corrected chi connectivity index (χ3v) is 4.76.